The molecule has 0 aromatic rings. The van der Waals surface area contributed by atoms with Crippen LogP contribution in [0.15, 0.2) is 0 Å². The average molecular weight is 153 g/mol. The van der Waals surface area contributed by atoms with Gasteiger partial charge in [-0.05, 0) is 0 Å². The minimum atomic E-state index is 0.762. The molecule has 0 atom stereocenters. The van der Waals surface area contributed by atoms with E-state index in [1.807, 2.05) is 0 Å². The molecule has 0 nitrogen and oxygen atoms in total. The molecule has 0 aromatic heterocycles. The van der Waals surface area contributed by atoms with Crippen LogP contribution in [0.3, 0.4) is 0 Å². The molecule has 1 radical (unpaired) electrons. The van der Waals surface area contributed by atoms with Gasteiger partial charge in [0.15, 0.2) is 0 Å². The molecule has 0 bridgehead atoms. The van der Waals surface area contributed by atoms with E-state index in [0.29, 0.717) is 0 Å². The van der Waals surface area contributed by atoms with Gasteiger partial charge in [0, 0.05) is 0 Å². The second-order valence-electron chi connectivity index (χ2n) is 3.77. The highest BCUT2D eigenvalue weighted by Crippen LogP contribution is 2.22. The molecule has 0 heterocycles. The van der Waals surface area contributed by atoms with Crippen LogP contribution in [0.5, 0.6) is 0 Å². The molecule has 0 spiro atoms. The summed E-state index contributed by atoms with van der Waals surface area (Å²) in [5.74, 6) is 1.64. The lowest BCUT2D eigenvalue weighted by Gasteiger charge is -2.15. The van der Waals surface area contributed by atoms with E-state index in [2.05, 4.69) is 35.0 Å². The molecule has 0 aliphatic carbocycles. The van der Waals surface area contributed by atoms with Gasteiger partial charge in [0.2, 0.25) is 0 Å². The van der Waals surface area contributed by atoms with Gasteiger partial charge in [-0.3, -0.25) is 0 Å². The number of hydrogen-bond acceptors (Lipinski definition) is 0. The average Bonchev–Trinajstić information content (AvgIpc) is 1.87. The third-order valence-corrected chi connectivity index (χ3v) is 1.98. The Balaban J connectivity index is 3.50. The van der Waals surface area contributed by atoms with Gasteiger partial charge in [0.1, 0.15) is 7.28 Å². The zero-order valence-corrected chi connectivity index (χ0v) is 8.56. The van der Waals surface area contributed by atoms with Gasteiger partial charge < -0.3 is 0 Å². The molecule has 0 aliphatic heterocycles. The summed E-state index contributed by atoms with van der Waals surface area (Å²) in [5.41, 5.74) is 0. The molecule has 0 amide bonds. The summed E-state index contributed by atoms with van der Waals surface area (Å²) >= 11 is 0. The van der Waals surface area contributed by atoms with Crippen LogP contribution < -0.4 is 0 Å². The first kappa shape index (κ1) is 11.1. The first-order valence-electron chi connectivity index (χ1n) is 5.05. The Morgan fingerprint density at radius 3 is 1.73 bits per heavy atom. The minimum absolute atomic E-state index is 0.762. The van der Waals surface area contributed by atoms with Gasteiger partial charge in [0.05, 0.1) is 0 Å². The fourth-order valence-corrected chi connectivity index (χ4v) is 1.62. The van der Waals surface area contributed by atoms with Crippen LogP contribution in [0.4, 0.5) is 0 Å². The molecule has 0 unspecified atom stereocenters. The second-order valence-corrected chi connectivity index (χ2v) is 3.77. The van der Waals surface area contributed by atoms with E-state index in [-0.39, 0.29) is 0 Å². The van der Waals surface area contributed by atoms with E-state index in [0.717, 1.165) is 11.6 Å². The molecule has 1 heteroatoms. The molecule has 11 heavy (non-hydrogen) atoms. The predicted octanol–water partition coefficient (Wildman–Crippen LogP) is 3.91. The van der Waals surface area contributed by atoms with Gasteiger partial charge in [0.25, 0.3) is 0 Å². The molecule has 65 valence electrons. The van der Waals surface area contributed by atoms with Crippen molar-refractivity contribution in [3.05, 3.63) is 0 Å². The summed E-state index contributed by atoms with van der Waals surface area (Å²) in [6.07, 6.45) is 5.42. The van der Waals surface area contributed by atoms with Crippen molar-refractivity contribution in [1.82, 2.24) is 0 Å². The lowest BCUT2D eigenvalue weighted by molar-refractivity contribution is 0.642. The van der Waals surface area contributed by atoms with E-state index >= 15 is 0 Å². The van der Waals surface area contributed by atoms with Crippen molar-refractivity contribution in [1.29, 1.82) is 0 Å². The molecule has 0 aromatic carbocycles. The van der Waals surface area contributed by atoms with E-state index < -0.39 is 0 Å². The summed E-state index contributed by atoms with van der Waals surface area (Å²) in [6.45, 7) is 9.10. The van der Waals surface area contributed by atoms with Crippen molar-refractivity contribution in [2.45, 2.75) is 65.0 Å². The van der Waals surface area contributed by atoms with Crippen LogP contribution in [0, 0.1) is 0 Å². The summed E-state index contributed by atoms with van der Waals surface area (Å²) in [6, 6.07) is 0. The maximum Gasteiger partial charge on any atom is 0.117 e. The number of rotatable bonds is 6. The third kappa shape index (κ3) is 6.46. The first-order chi connectivity index (χ1) is 5.20. The molecule has 0 rings (SSSR count). The fourth-order valence-electron chi connectivity index (χ4n) is 1.62. The Kier molecular flexibility index (Phi) is 6.80. The second kappa shape index (κ2) is 6.76. The highest BCUT2D eigenvalue weighted by molar-refractivity contribution is 6.39. The van der Waals surface area contributed by atoms with Gasteiger partial charge in [-0.2, -0.15) is 0 Å². The maximum absolute atomic E-state index is 2.51. The zero-order valence-electron chi connectivity index (χ0n) is 8.56. The summed E-state index contributed by atoms with van der Waals surface area (Å²) in [7, 11) is 2.51. The fraction of sp³-hybridized carbons (Fsp3) is 1.00. The summed E-state index contributed by atoms with van der Waals surface area (Å²) in [5, 5.41) is 0. The van der Waals surface area contributed by atoms with Crippen molar-refractivity contribution in [2.24, 2.45) is 0 Å². The maximum atomic E-state index is 2.51. The van der Waals surface area contributed by atoms with Gasteiger partial charge in [-0.25, -0.2) is 0 Å². The van der Waals surface area contributed by atoms with Gasteiger partial charge in [-0.1, -0.05) is 65.0 Å². The van der Waals surface area contributed by atoms with E-state index in [1.165, 1.54) is 25.7 Å². The topological polar surface area (TPSA) is 0 Å². The molecule has 0 N–H and O–H groups in total. The van der Waals surface area contributed by atoms with Crippen LogP contribution in [-0.2, 0) is 0 Å². The van der Waals surface area contributed by atoms with Crippen molar-refractivity contribution in [3.63, 3.8) is 0 Å². The van der Waals surface area contributed by atoms with Crippen molar-refractivity contribution < 1.29 is 0 Å². The van der Waals surface area contributed by atoms with Gasteiger partial charge >= 0.3 is 0 Å². The lowest BCUT2D eigenvalue weighted by Crippen LogP contribution is -2.06. The zero-order chi connectivity index (χ0) is 8.69. The molecular formula is C10H22B. The lowest BCUT2D eigenvalue weighted by atomic mass is 9.54. The van der Waals surface area contributed by atoms with Crippen molar-refractivity contribution in [2.75, 3.05) is 0 Å². The van der Waals surface area contributed by atoms with Crippen molar-refractivity contribution in [3.8, 4) is 0 Å². The van der Waals surface area contributed by atoms with Gasteiger partial charge in [-0.15, -0.1) is 0 Å². The minimum Gasteiger partial charge on any atom is -0.0742 e. The molecule has 0 aliphatic rings. The Labute approximate surface area is 73.0 Å². The monoisotopic (exact) mass is 153 g/mol. The molecule has 0 saturated carbocycles. The predicted molar refractivity (Wildman–Crippen MR) is 54.4 cm³/mol. The molecule has 0 saturated heterocycles. The summed E-state index contributed by atoms with van der Waals surface area (Å²) < 4.78 is 0. The van der Waals surface area contributed by atoms with E-state index in [4.69, 9.17) is 0 Å². The molecular weight excluding hydrogens is 131 g/mol. The smallest absolute Gasteiger partial charge is 0.0742 e. The quantitative estimate of drug-likeness (QED) is 0.507. The van der Waals surface area contributed by atoms with Crippen molar-refractivity contribution >= 4 is 7.28 Å². The molecule has 0 fully saturated rings. The van der Waals surface area contributed by atoms with Crippen LogP contribution in [0.1, 0.15) is 53.4 Å². The highest BCUT2D eigenvalue weighted by Gasteiger charge is 2.09. The Hall–Kier alpha value is 0.0649. The van der Waals surface area contributed by atoms with Crippen LogP contribution in [0.2, 0.25) is 11.6 Å². The first-order valence-corrected chi connectivity index (χ1v) is 5.05. The van der Waals surface area contributed by atoms with E-state index in [9.17, 15) is 0 Å². The Morgan fingerprint density at radius 2 is 1.45 bits per heavy atom. The Bertz CT molecular complexity index is 72.9. The summed E-state index contributed by atoms with van der Waals surface area (Å²) in [4.78, 5) is 0. The SMILES string of the molecule is CCCC([B]C(C)C)CCC. The van der Waals surface area contributed by atoms with Crippen LogP contribution in [0.25, 0.3) is 0 Å². The highest BCUT2D eigenvalue weighted by atomic mass is 14.0. The normalized spacial score (nSPS) is 11.1. The van der Waals surface area contributed by atoms with Crippen LogP contribution in [-0.4, -0.2) is 7.28 Å². The van der Waals surface area contributed by atoms with E-state index in [1.54, 1.807) is 0 Å². The largest absolute Gasteiger partial charge is 0.117 e. The Morgan fingerprint density at radius 1 is 1.00 bits per heavy atom. The number of hydrogen-bond donors (Lipinski definition) is 0. The standard InChI is InChI=1S/C10H22B/c1-5-7-10(8-6-2)11-9(3)4/h9-10H,5-8H2,1-4H3. The third-order valence-electron chi connectivity index (χ3n) is 1.98. The van der Waals surface area contributed by atoms with Crippen LogP contribution >= 0.6 is 0 Å².